The minimum Gasteiger partial charge on any atom is -0.497 e. The fourth-order valence-corrected chi connectivity index (χ4v) is 3.50. The van der Waals surface area contributed by atoms with Crippen molar-refractivity contribution in [3.05, 3.63) is 102 Å². The number of carbonyl (C=O) groups is 1. The van der Waals surface area contributed by atoms with Crippen LogP contribution >= 0.6 is 0 Å². The number of carbonyl (C=O) groups excluding carboxylic acids is 1. The highest BCUT2D eigenvalue weighted by atomic mass is 19.2. The van der Waals surface area contributed by atoms with Gasteiger partial charge in [0.05, 0.1) is 24.2 Å². The van der Waals surface area contributed by atoms with Crippen molar-refractivity contribution in [2.45, 2.75) is 19.4 Å². The second-order valence-corrected chi connectivity index (χ2v) is 7.49. The topological polar surface area (TPSA) is 56.2 Å². The van der Waals surface area contributed by atoms with Crippen molar-refractivity contribution in [3.63, 3.8) is 0 Å². The molecule has 168 valence electrons. The van der Waals surface area contributed by atoms with Crippen molar-refractivity contribution in [1.82, 2.24) is 15.1 Å². The van der Waals surface area contributed by atoms with Crippen LogP contribution in [0.1, 0.15) is 17.7 Å². The van der Waals surface area contributed by atoms with Crippen LogP contribution in [0.15, 0.2) is 78.9 Å². The molecule has 0 spiro atoms. The number of hydrogen-bond acceptors (Lipinski definition) is 3. The van der Waals surface area contributed by atoms with Crippen molar-refractivity contribution in [1.29, 1.82) is 0 Å². The fourth-order valence-electron chi connectivity index (χ4n) is 3.50. The highest BCUT2D eigenvalue weighted by Gasteiger charge is 2.14. The Labute approximate surface area is 190 Å². The van der Waals surface area contributed by atoms with Gasteiger partial charge >= 0.3 is 0 Å². The number of aryl methyl sites for hydroxylation is 1. The molecule has 0 fully saturated rings. The van der Waals surface area contributed by atoms with Gasteiger partial charge in [0.2, 0.25) is 5.91 Å². The van der Waals surface area contributed by atoms with Gasteiger partial charge in [0, 0.05) is 30.5 Å². The maximum absolute atomic E-state index is 13.8. The largest absolute Gasteiger partial charge is 0.497 e. The standard InChI is InChI=1S/C26H23F2N3O2/c1-33-22-13-11-21(12-14-22)31-24(18-6-3-2-4-7-18)16-20(30-31)10-15-25(32)29-17-19-8-5-9-23(27)26(19)28/h2-9,11-14,16H,10,15,17H2,1H3,(H,29,32). The summed E-state index contributed by atoms with van der Waals surface area (Å²) < 4.78 is 34.2. The van der Waals surface area contributed by atoms with E-state index in [2.05, 4.69) is 5.32 Å². The van der Waals surface area contributed by atoms with E-state index >= 15 is 0 Å². The summed E-state index contributed by atoms with van der Waals surface area (Å²) in [5.74, 6) is -1.39. The Kier molecular flexibility index (Phi) is 6.78. The predicted molar refractivity (Wildman–Crippen MR) is 122 cm³/mol. The summed E-state index contributed by atoms with van der Waals surface area (Å²) in [6.45, 7) is -0.0714. The number of nitrogens with zero attached hydrogens (tertiary/aromatic N) is 2. The summed E-state index contributed by atoms with van der Waals surface area (Å²) in [4.78, 5) is 12.3. The Morgan fingerprint density at radius 2 is 1.76 bits per heavy atom. The summed E-state index contributed by atoms with van der Waals surface area (Å²) in [6, 6.07) is 23.3. The van der Waals surface area contributed by atoms with Crippen LogP contribution in [0, 0.1) is 11.6 Å². The summed E-state index contributed by atoms with van der Waals surface area (Å²) >= 11 is 0. The molecule has 33 heavy (non-hydrogen) atoms. The number of hydrogen-bond donors (Lipinski definition) is 1. The average Bonchev–Trinajstić information content (AvgIpc) is 3.28. The Morgan fingerprint density at radius 3 is 2.48 bits per heavy atom. The highest BCUT2D eigenvalue weighted by Crippen LogP contribution is 2.25. The molecule has 0 aliphatic heterocycles. The number of rotatable bonds is 8. The molecule has 7 heteroatoms. The number of amides is 1. The lowest BCUT2D eigenvalue weighted by molar-refractivity contribution is -0.121. The Bertz CT molecular complexity index is 1240. The lowest BCUT2D eigenvalue weighted by Crippen LogP contribution is -2.23. The van der Waals surface area contributed by atoms with E-state index in [0.29, 0.717) is 6.42 Å². The van der Waals surface area contributed by atoms with Crippen LogP contribution in [0.4, 0.5) is 8.78 Å². The monoisotopic (exact) mass is 447 g/mol. The molecular weight excluding hydrogens is 424 g/mol. The van der Waals surface area contributed by atoms with Gasteiger partial charge in [-0.05, 0) is 36.4 Å². The average molecular weight is 447 g/mol. The number of halogens is 2. The third kappa shape index (κ3) is 5.26. The molecule has 3 aromatic carbocycles. The van der Waals surface area contributed by atoms with Crippen molar-refractivity contribution < 1.29 is 18.3 Å². The first-order valence-corrected chi connectivity index (χ1v) is 10.5. The molecule has 0 aliphatic carbocycles. The van der Waals surface area contributed by atoms with Crippen molar-refractivity contribution in [3.8, 4) is 22.7 Å². The molecule has 1 amide bonds. The minimum absolute atomic E-state index is 0.0714. The first-order valence-electron chi connectivity index (χ1n) is 10.5. The van der Waals surface area contributed by atoms with E-state index in [4.69, 9.17) is 9.84 Å². The third-order valence-corrected chi connectivity index (χ3v) is 5.26. The van der Waals surface area contributed by atoms with Crippen LogP contribution in [-0.2, 0) is 17.8 Å². The summed E-state index contributed by atoms with van der Waals surface area (Å²) in [5, 5.41) is 7.36. The zero-order valence-corrected chi connectivity index (χ0v) is 18.1. The van der Waals surface area contributed by atoms with E-state index in [-0.39, 0.29) is 24.4 Å². The Hall–Kier alpha value is -4.00. The SMILES string of the molecule is COc1ccc(-n2nc(CCC(=O)NCc3cccc(F)c3F)cc2-c2ccccc2)cc1. The van der Waals surface area contributed by atoms with Crippen LogP contribution in [-0.4, -0.2) is 22.8 Å². The van der Waals surface area contributed by atoms with Crippen LogP contribution in [0.3, 0.4) is 0 Å². The summed E-state index contributed by atoms with van der Waals surface area (Å²) in [5.41, 5.74) is 3.62. The molecular formula is C26H23F2N3O2. The van der Waals surface area contributed by atoms with Gasteiger partial charge in [-0.3, -0.25) is 4.79 Å². The molecule has 0 aliphatic rings. The summed E-state index contributed by atoms with van der Waals surface area (Å²) in [6.07, 6.45) is 0.575. The molecule has 0 atom stereocenters. The predicted octanol–water partition coefficient (Wildman–Crippen LogP) is 5.08. The Morgan fingerprint density at radius 1 is 1.00 bits per heavy atom. The fraction of sp³-hybridized carbons (Fsp3) is 0.154. The molecule has 0 saturated heterocycles. The van der Waals surface area contributed by atoms with E-state index in [9.17, 15) is 13.6 Å². The first-order chi connectivity index (χ1) is 16.0. The van der Waals surface area contributed by atoms with Gasteiger partial charge in [0.1, 0.15) is 5.75 Å². The van der Waals surface area contributed by atoms with Crippen LogP contribution in [0.25, 0.3) is 16.9 Å². The third-order valence-electron chi connectivity index (χ3n) is 5.26. The molecule has 0 radical (unpaired) electrons. The van der Waals surface area contributed by atoms with Crippen LogP contribution in [0.2, 0.25) is 0 Å². The maximum Gasteiger partial charge on any atom is 0.220 e. The molecule has 0 bridgehead atoms. The molecule has 4 aromatic rings. The van der Waals surface area contributed by atoms with E-state index in [1.54, 1.807) is 7.11 Å². The van der Waals surface area contributed by atoms with Crippen LogP contribution in [0.5, 0.6) is 5.75 Å². The van der Waals surface area contributed by atoms with Crippen molar-refractivity contribution >= 4 is 5.91 Å². The van der Waals surface area contributed by atoms with Gasteiger partial charge in [0.25, 0.3) is 0 Å². The number of benzene rings is 3. The normalized spacial score (nSPS) is 10.8. The molecule has 4 rings (SSSR count). The number of ether oxygens (including phenoxy) is 1. The first kappa shape index (κ1) is 22.2. The minimum atomic E-state index is -0.941. The molecule has 5 nitrogen and oxygen atoms in total. The second kappa shape index (κ2) is 10.1. The quantitative estimate of drug-likeness (QED) is 0.410. The highest BCUT2D eigenvalue weighted by molar-refractivity contribution is 5.76. The zero-order valence-electron chi connectivity index (χ0n) is 18.1. The van der Waals surface area contributed by atoms with E-state index in [0.717, 1.165) is 34.5 Å². The van der Waals surface area contributed by atoms with Gasteiger partial charge in [-0.2, -0.15) is 5.10 Å². The maximum atomic E-state index is 13.8. The van der Waals surface area contributed by atoms with Crippen LogP contribution < -0.4 is 10.1 Å². The lowest BCUT2D eigenvalue weighted by Gasteiger charge is -2.08. The smallest absolute Gasteiger partial charge is 0.220 e. The van der Waals surface area contributed by atoms with E-state index < -0.39 is 11.6 Å². The molecule has 0 unspecified atom stereocenters. The van der Waals surface area contributed by atoms with E-state index in [1.807, 2.05) is 65.3 Å². The van der Waals surface area contributed by atoms with Gasteiger partial charge in [-0.15, -0.1) is 0 Å². The number of methoxy groups -OCH3 is 1. The number of aromatic nitrogens is 2. The van der Waals surface area contributed by atoms with Gasteiger partial charge in [-0.1, -0.05) is 42.5 Å². The van der Waals surface area contributed by atoms with Gasteiger partial charge < -0.3 is 10.1 Å². The van der Waals surface area contributed by atoms with Crippen molar-refractivity contribution in [2.24, 2.45) is 0 Å². The summed E-state index contributed by atoms with van der Waals surface area (Å²) in [7, 11) is 1.62. The van der Waals surface area contributed by atoms with E-state index in [1.165, 1.54) is 12.1 Å². The molecule has 1 heterocycles. The number of nitrogens with one attached hydrogen (secondary N) is 1. The van der Waals surface area contributed by atoms with Crippen molar-refractivity contribution in [2.75, 3.05) is 7.11 Å². The Balaban J connectivity index is 1.49. The molecule has 1 N–H and O–H groups in total. The lowest BCUT2D eigenvalue weighted by atomic mass is 10.1. The zero-order chi connectivity index (χ0) is 23.2. The van der Waals surface area contributed by atoms with Gasteiger partial charge in [-0.25, -0.2) is 13.5 Å². The molecule has 1 aromatic heterocycles. The molecule has 0 saturated carbocycles. The second-order valence-electron chi connectivity index (χ2n) is 7.49. The van der Waals surface area contributed by atoms with Gasteiger partial charge in [0.15, 0.2) is 11.6 Å².